The Morgan fingerprint density at radius 3 is 2.17 bits per heavy atom. The van der Waals surface area contributed by atoms with Crippen LogP contribution in [0.4, 0.5) is 0 Å². The first kappa shape index (κ1) is 38.4. The highest BCUT2D eigenvalue weighted by Gasteiger charge is 2.62. The number of rotatable bonds is 8. The highest BCUT2D eigenvalue weighted by Crippen LogP contribution is 2.61. The minimum atomic E-state index is -1.65. The lowest BCUT2D eigenvalue weighted by Gasteiger charge is -2.59. The number of esters is 3. The number of fused-ring (bicyclic) bond motifs is 3. The van der Waals surface area contributed by atoms with Crippen LogP contribution in [-0.4, -0.2) is 111 Å². The first-order chi connectivity index (χ1) is 22.2. The molecule has 13 nitrogen and oxygen atoms in total. The molecular formula is C35H54O13. The fraction of sp³-hybridized carbons (Fsp3) is 0.800. The van der Waals surface area contributed by atoms with Gasteiger partial charge in [0.2, 0.25) is 0 Å². The Kier molecular flexibility index (Phi) is 11.6. The smallest absolute Gasteiger partial charge is 0.311 e. The summed E-state index contributed by atoms with van der Waals surface area (Å²) in [6.45, 7) is 17.3. The van der Waals surface area contributed by atoms with Crippen LogP contribution in [0.1, 0.15) is 81.1 Å². The number of carbonyl (C=O) groups is 3. The van der Waals surface area contributed by atoms with Gasteiger partial charge < -0.3 is 49.2 Å². The molecule has 0 aromatic carbocycles. The summed E-state index contributed by atoms with van der Waals surface area (Å²) in [5.74, 6) is -3.76. The maximum Gasteiger partial charge on any atom is 0.311 e. The summed E-state index contributed by atoms with van der Waals surface area (Å²) in [6, 6.07) is 0. The zero-order valence-corrected chi connectivity index (χ0v) is 29.3. The van der Waals surface area contributed by atoms with Crippen molar-refractivity contribution in [2.75, 3.05) is 6.61 Å². The van der Waals surface area contributed by atoms with Crippen molar-refractivity contribution in [1.82, 2.24) is 0 Å². The van der Waals surface area contributed by atoms with E-state index in [4.69, 9.17) is 23.7 Å². The summed E-state index contributed by atoms with van der Waals surface area (Å²) in [5, 5.41) is 52.0. The summed E-state index contributed by atoms with van der Waals surface area (Å²) < 4.78 is 30.5. The van der Waals surface area contributed by atoms with Crippen molar-refractivity contribution < 1.29 is 63.6 Å². The highest BCUT2D eigenvalue weighted by molar-refractivity contribution is 5.73. The van der Waals surface area contributed by atoms with Gasteiger partial charge in [0.25, 0.3) is 0 Å². The average molecular weight is 683 g/mol. The van der Waals surface area contributed by atoms with E-state index in [1.54, 1.807) is 6.92 Å². The minimum absolute atomic E-state index is 0.233. The number of hydrogen-bond donors (Lipinski definition) is 5. The molecular weight excluding hydrogens is 628 g/mol. The Morgan fingerprint density at radius 1 is 0.979 bits per heavy atom. The SMILES string of the molecule is C=C1C(OC(C)=O)CCC2(C)CC(OC3OC(CO)C(O)C(O)C3O)C3=C(C)CC(OC(=O)C(C)C(C)O)C(C(OC(C)=O)C12)C3(C)C. The molecule has 0 aromatic heterocycles. The Labute approximate surface area is 282 Å². The first-order valence-electron chi connectivity index (χ1n) is 16.8. The van der Waals surface area contributed by atoms with Crippen LogP contribution < -0.4 is 0 Å². The number of carbonyl (C=O) groups excluding carboxylic acids is 3. The van der Waals surface area contributed by atoms with Gasteiger partial charge in [0.05, 0.1) is 24.7 Å². The molecule has 1 saturated heterocycles. The van der Waals surface area contributed by atoms with Crippen molar-refractivity contribution in [2.24, 2.45) is 28.6 Å². The fourth-order valence-electron chi connectivity index (χ4n) is 8.76. The second-order valence-corrected chi connectivity index (χ2v) is 15.1. The van der Waals surface area contributed by atoms with Crippen LogP contribution in [0.25, 0.3) is 0 Å². The number of aliphatic hydroxyl groups is 5. The van der Waals surface area contributed by atoms with Gasteiger partial charge in [-0.2, -0.15) is 0 Å². The van der Waals surface area contributed by atoms with Gasteiger partial charge in [-0.15, -0.1) is 0 Å². The van der Waals surface area contributed by atoms with Crippen molar-refractivity contribution >= 4 is 17.9 Å². The van der Waals surface area contributed by atoms with Crippen LogP contribution in [0.15, 0.2) is 23.3 Å². The molecule has 14 atom stereocenters. The Bertz CT molecular complexity index is 1270. The molecule has 13 heteroatoms. The number of hydrogen-bond acceptors (Lipinski definition) is 13. The normalized spacial score (nSPS) is 40.9. The third kappa shape index (κ3) is 7.24. The summed E-state index contributed by atoms with van der Waals surface area (Å²) in [5.41, 5.74) is 0.570. The van der Waals surface area contributed by atoms with Crippen LogP contribution in [0.5, 0.6) is 0 Å². The van der Waals surface area contributed by atoms with Crippen molar-refractivity contribution in [3.8, 4) is 0 Å². The zero-order chi connectivity index (χ0) is 36.0. The first-order valence-corrected chi connectivity index (χ1v) is 16.8. The van der Waals surface area contributed by atoms with Crippen LogP contribution in [0.3, 0.4) is 0 Å². The van der Waals surface area contributed by atoms with Crippen molar-refractivity contribution in [3.05, 3.63) is 23.3 Å². The van der Waals surface area contributed by atoms with E-state index in [1.807, 2.05) is 27.7 Å². The Balaban J connectivity index is 1.91. The molecule has 1 heterocycles. The molecule has 2 bridgehead atoms. The minimum Gasteiger partial charge on any atom is -0.461 e. The molecule has 4 aliphatic rings. The quantitative estimate of drug-likeness (QED) is 0.141. The molecule has 0 aromatic rings. The monoisotopic (exact) mass is 682 g/mol. The number of aliphatic hydroxyl groups excluding tert-OH is 5. The summed E-state index contributed by atoms with van der Waals surface area (Å²) in [6.07, 6.45) is -10.1. The van der Waals surface area contributed by atoms with E-state index in [9.17, 15) is 39.9 Å². The van der Waals surface area contributed by atoms with E-state index < -0.39 is 114 Å². The van der Waals surface area contributed by atoms with Gasteiger partial charge in [0, 0.05) is 32.1 Å². The van der Waals surface area contributed by atoms with Crippen LogP contribution in [0, 0.1) is 28.6 Å². The van der Waals surface area contributed by atoms with Gasteiger partial charge >= 0.3 is 17.9 Å². The van der Waals surface area contributed by atoms with E-state index in [1.165, 1.54) is 20.8 Å². The third-order valence-electron chi connectivity index (χ3n) is 11.2. The van der Waals surface area contributed by atoms with E-state index >= 15 is 0 Å². The largest absolute Gasteiger partial charge is 0.461 e. The zero-order valence-electron chi connectivity index (χ0n) is 29.3. The molecule has 3 aliphatic carbocycles. The Morgan fingerprint density at radius 2 is 1.60 bits per heavy atom. The van der Waals surface area contributed by atoms with E-state index in [2.05, 4.69) is 6.58 Å². The molecule has 3 fully saturated rings. The molecule has 0 radical (unpaired) electrons. The van der Waals surface area contributed by atoms with Crippen molar-refractivity contribution in [2.45, 2.75) is 142 Å². The molecule has 4 rings (SSSR count). The van der Waals surface area contributed by atoms with E-state index in [-0.39, 0.29) is 6.42 Å². The molecule has 5 N–H and O–H groups in total. The second kappa shape index (κ2) is 14.5. The molecule has 14 unspecified atom stereocenters. The summed E-state index contributed by atoms with van der Waals surface area (Å²) >= 11 is 0. The van der Waals surface area contributed by atoms with Gasteiger partial charge in [-0.1, -0.05) is 32.9 Å². The van der Waals surface area contributed by atoms with Gasteiger partial charge in [-0.25, -0.2) is 0 Å². The van der Waals surface area contributed by atoms with Crippen LogP contribution in [-0.2, 0) is 38.1 Å². The maximum absolute atomic E-state index is 13.4. The third-order valence-corrected chi connectivity index (χ3v) is 11.2. The lowest BCUT2D eigenvalue weighted by molar-refractivity contribution is -0.312. The lowest BCUT2D eigenvalue weighted by atomic mass is 9.50. The fourth-order valence-corrected chi connectivity index (χ4v) is 8.76. The molecule has 2 saturated carbocycles. The van der Waals surface area contributed by atoms with Crippen LogP contribution >= 0.6 is 0 Å². The van der Waals surface area contributed by atoms with Crippen molar-refractivity contribution in [1.29, 1.82) is 0 Å². The maximum atomic E-state index is 13.4. The van der Waals surface area contributed by atoms with E-state index in [0.717, 1.165) is 11.1 Å². The summed E-state index contributed by atoms with van der Waals surface area (Å²) in [7, 11) is 0. The van der Waals surface area contributed by atoms with Gasteiger partial charge in [-0.3, -0.25) is 14.4 Å². The molecule has 0 spiro atoms. The molecule has 0 amide bonds. The van der Waals surface area contributed by atoms with Crippen molar-refractivity contribution in [3.63, 3.8) is 0 Å². The highest BCUT2D eigenvalue weighted by atomic mass is 16.7. The molecule has 48 heavy (non-hydrogen) atoms. The topological polar surface area (TPSA) is 199 Å². The van der Waals surface area contributed by atoms with Gasteiger partial charge in [-0.05, 0) is 62.0 Å². The molecule has 272 valence electrons. The van der Waals surface area contributed by atoms with Crippen LogP contribution in [0.2, 0.25) is 0 Å². The molecule has 1 aliphatic heterocycles. The Hall–Kier alpha value is -2.39. The average Bonchev–Trinajstić information content (AvgIpc) is 2.96. The van der Waals surface area contributed by atoms with Gasteiger partial charge in [0.15, 0.2) is 6.29 Å². The number of ether oxygens (including phenoxy) is 5. The predicted molar refractivity (Wildman–Crippen MR) is 170 cm³/mol. The standard InChI is InChI=1S/C35H54O13/c1-15-12-22(46-32(43)16(2)18(4)37)27-31(45-20(6)39)26-17(3)21(44-19(5)38)10-11-35(26,9)13-23(25(15)34(27,7)8)47-33-30(42)29(41)28(40)24(14-36)48-33/h16,18,21-24,26-31,33,36-37,40-42H,3,10-14H2,1-2,4-9H3. The predicted octanol–water partition coefficient (Wildman–Crippen LogP) is 1.70. The lowest BCUT2D eigenvalue weighted by Crippen LogP contribution is -2.62. The second-order valence-electron chi connectivity index (χ2n) is 15.1. The van der Waals surface area contributed by atoms with Gasteiger partial charge in [0.1, 0.15) is 42.7 Å². The van der Waals surface area contributed by atoms with E-state index in [0.29, 0.717) is 24.8 Å². The summed E-state index contributed by atoms with van der Waals surface area (Å²) in [4.78, 5) is 38.4.